The van der Waals surface area contributed by atoms with E-state index in [0.29, 0.717) is 0 Å². The van der Waals surface area contributed by atoms with Crippen LogP contribution in [-0.2, 0) is 6.42 Å². The molecule has 208 valence electrons. The van der Waals surface area contributed by atoms with Gasteiger partial charge in [-0.1, -0.05) is 98.8 Å². The van der Waals surface area contributed by atoms with Gasteiger partial charge in [0.2, 0.25) is 0 Å². The highest BCUT2D eigenvalue weighted by molar-refractivity contribution is 7.79. The Morgan fingerprint density at radius 2 is 1.24 bits per heavy atom. The van der Waals surface area contributed by atoms with Gasteiger partial charge in [-0.15, -0.1) is 13.6 Å². The number of hydrogen-bond acceptors (Lipinski definition) is 0. The van der Waals surface area contributed by atoms with Crippen LogP contribution < -0.4 is 15.9 Å². The molecule has 0 saturated carbocycles. The molecular weight excluding hydrogens is 514 g/mol. The van der Waals surface area contributed by atoms with Crippen LogP contribution in [0.25, 0.3) is 5.57 Å². The van der Waals surface area contributed by atoms with Crippen LogP contribution in [-0.4, -0.2) is 21.1 Å². The van der Waals surface area contributed by atoms with Crippen molar-refractivity contribution >= 4 is 41.5 Å². The van der Waals surface area contributed by atoms with Gasteiger partial charge >= 0.3 is 6.42 Å². The van der Waals surface area contributed by atoms with Crippen LogP contribution in [0.2, 0.25) is 13.6 Å². The summed E-state index contributed by atoms with van der Waals surface area (Å²) in [6.07, 6.45) is 1.09. The Morgan fingerprint density at radius 3 is 1.76 bits per heavy atom. The van der Waals surface area contributed by atoms with Gasteiger partial charge in [-0.3, -0.25) is 0 Å². The van der Waals surface area contributed by atoms with Crippen molar-refractivity contribution in [2.24, 2.45) is 0 Å². The smallest absolute Gasteiger partial charge is 0.373 e. The summed E-state index contributed by atoms with van der Waals surface area (Å²) in [5.41, 5.74) is 14.3. The normalized spacial score (nSPS) is 16.1. The molecule has 0 saturated heterocycles. The lowest BCUT2D eigenvalue weighted by molar-refractivity contribution is -0.336. The summed E-state index contributed by atoms with van der Waals surface area (Å²) >= 11 is 0. The summed E-state index contributed by atoms with van der Waals surface area (Å²) in [6.45, 7) is 18.9. The fourth-order valence-corrected chi connectivity index (χ4v) is 10.2. The largest absolute Gasteiger partial charge is 0.458 e. The number of benzene rings is 3. The molecule has 0 bridgehead atoms. The first-order valence-corrected chi connectivity index (χ1v) is 16.6. The first-order valence-electron chi connectivity index (χ1n) is 15.3. The molecule has 0 N–H and O–H groups in total. The van der Waals surface area contributed by atoms with Gasteiger partial charge in [-0.25, -0.2) is 0 Å². The predicted octanol–water partition coefficient (Wildman–Crippen LogP) is 7.96. The van der Waals surface area contributed by atoms with Crippen LogP contribution in [0.5, 0.6) is 0 Å². The van der Waals surface area contributed by atoms with Crippen molar-refractivity contribution in [1.29, 1.82) is 0 Å². The van der Waals surface area contributed by atoms with Crippen molar-refractivity contribution in [2.75, 3.05) is 0 Å². The maximum atomic E-state index is 2.69. The van der Waals surface area contributed by atoms with Gasteiger partial charge in [0.05, 0.1) is 5.57 Å². The summed E-state index contributed by atoms with van der Waals surface area (Å²) < 4.78 is 5.38. The van der Waals surface area contributed by atoms with Gasteiger partial charge in [-0.2, -0.15) is 0 Å². The molecule has 0 radical (unpaired) electrons. The van der Waals surface area contributed by atoms with Crippen molar-refractivity contribution < 1.29 is 4.49 Å². The van der Waals surface area contributed by atoms with Crippen molar-refractivity contribution in [2.45, 2.75) is 68.0 Å². The van der Waals surface area contributed by atoms with Crippen molar-refractivity contribution in [1.82, 2.24) is 4.48 Å². The van der Waals surface area contributed by atoms with Crippen LogP contribution in [0.15, 0.2) is 102 Å². The number of fused-ring (bicyclic) bond motifs is 2. The molecule has 0 atom stereocenters. The Hall–Kier alpha value is -3.42. The second-order valence-corrected chi connectivity index (χ2v) is 14.4. The van der Waals surface area contributed by atoms with E-state index in [1.54, 1.807) is 0 Å². The van der Waals surface area contributed by atoms with Crippen LogP contribution in [0.4, 0.5) is 0 Å². The number of rotatable bonds is 6. The Balaban J connectivity index is 1.60. The lowest BCUT2D eigenvalue weighted by atomic mass is 9.48. The molecular formula is C37H42BN2P. The lowest BCUT2D eigenvalue weighted by Gasteiger charge is -2.40. The zero-order valence-corrected chi connectivity index (χ0v) is 26.8. The van der Waals surface area contributed by atoms with Gasteiger partial charge in [-0.05, 0) is 79.8 Å². The molecule has 0 unspecified atom stereocenters. The highest BCUT2D eigenvalue weighted by Gasteiger charge is 2.47. The number of nitrogens with zero attached hydrogens (tertiary/aromatic N) is 2. The maximum Gasteiger partial charge on any atom is 0.373 e. The maximum absolute atomic E-state index is 2.69. The van der Waals surface area contributed by atoms with E-state index >= 15 is 0 Å². The molecule has 6 rings (SSSR count). The molecule has 41 heavy (non-hydrogen) atoms. The third kappa shape index (κ3) is 4.16. The molecule has 2 aliphatic rings. The minimum absolute atomic E-state index is 0.633. The first-order chi connectivity index (χ1) is 19.7. The zero-order chi connectivity index (χ0) is 29.1. The summed E-state index contributed by atoms with van der Waals surface area (Å²) in [6, 6.07) is 31.6. The van der Waals surface area contributed by atoms with Crippen molar-refractivity contribution in [3.63, 3.8) is 0 Å². The molecule has 2 nitrogen and oxygen atoms in total. The van der Waals surface area contributed by atoms with E-state index in [9.17, 15) is 0 Å². The molecule has 3 aromatic carbocycles. The Kier molecular flexibility index (Phi) is 7.07. The fourth-order valence-electron chi connectivity index (χ4n) is 7.93. The van der Waals surface area contributed by atoms with Gasteiger partial charge in [0.1, 0.15) is 5.71 Å². The second-order valence-electron chi connectivity index (χ2n) is 12.2. The molecule has 2 aliphatic heterocycles. The van der Waals surface area contributed by atoms with E-state index in [-0.39, 0.29) is 0 Å². The molecule has 0 fully saturated rings. The molecule has 0 aliphatic carbocycles. The van der Waals surface area contributed by atoms with Gasteiger partial charge in [0, 0.05) is 23.8 Å². The minimum atomic E-state index is -1.03. The third-order valence-electron chi connectivity index (χ3n) is 9.58. The van der Waals surface area contributed by atoms with E-state index < -0.39 is 14.3 Å². The van der Waals surface area contributed by atoms with E-state index in [1.165, 1.54) is 72.1 Å². The number of aromatic nitrogens is 1. The molecule has 1 aromatic heterocycles. The minimum Gasteiger partial charge on any atom is -0.458 e. The number of allylic oxidation sites excluding steroid dienone is 2. The fraction of sp³-hybridized carbons (Fsp3) is 0.270. The van der Waals surface area contributed by atoms with Crippen LogP contribution >= 0.6 is 7.92 Å². The van der Waals surface area contributed by atoms with Crippen LogP contribution in [0, 0.1) is 13.8 Å². The first kappa shape index (κ1) is 27.7. The predicted molar refractivity (Wildman–Crippen MR) is 181 cm³/mol. The number of hydrogen-bond donors (Lipinski definition) is 0. The Labute approximate surface area is 247 Å². The molecule has 4 heteroatoms. The van der Waals surface area contributed by atoms with Gasteiger partial charge in [0.15, 0.2) is 5.70 Å². The summed E-state index contributed by atoms with van der Waals surface area (Å²) in [7, 11) is -0.633. The average Bonchev–Trinajstić information content (AvgIpc) is 3.39. The monoisotopic (exact) mass is 556 g/mol. The van der Waals surface area contributed by atoms with E-state index in [0.717, 1.165) is 12.8 Å². The van der Waals surface area contributed by atoms with E-state index in [2.05, 4.69) is 149 Å². The second kappa shape index (κ2) is 10.4. The van der Waals surface area contributed by atoms with Crippen molar-refractivity contribution in [3.05, 3.63) is 130 Å². The van der Waals surface area contributed by atoms with Crippen molar-refractivity contribution in [3.8, 4) is 0 Å². The lowest BCUT2D eigenvalue weighted by Crippen LogP contribution is -2.53. The van der Waals surface area contributed by atoms with Gasteiger partial charge < -0.3 is 8.96 Å². The molecule has 4 aromatic rings. The molecule has 0 spiro atoms. The molecule has 0 amide bonds. The highest BCUT2D eigenvalue weighted by atomic mass is 31.1. The van der Waals surface area contributed by atoms with Gasteiger partial charge in [0.25, 0.3) is 0 Å². The summed E-state index contributed by atoms with van der Waals surface area (Å²) in [5, 5.41) is 4.16. The average molecular weight is 557 g/mol. The van der Waals surface area contributed by atoms with E-state index in [1.807, 2.05) is 0 Å². The topological polar surface area (TPSA) is 7.94 Å². The van der Waals surface area contributed by atoms with Crippen LogP contribution in [0.1, 0.15) is 62.2 Å². The third-order valence-corrected chi connectivity index (χ3v) is 12.0. The summed E-state index contributed by atoms with van der Waals surface area (Å²) in [5.74, 6) is 0. The zero-order valence-electron chi connectivity index (χ0n) is 25.9. The Morgan fingerprint density at radius 1 is 0.707 bits per heavy atom. The quantitative estimate of drug-likeness (QED) is 0.168. The standard InChI is InChI=1S/C37H42BN2P/c1-9-33-25(3)36-35(37-26(4)34(10-2)28(6)40(37)38(7,8)39(36)27(33)5)29-21-23-32(24-22-29)41(30-17-13-11-14-18-30)31-19-15-12-16-20-31/h11-24H,9-10H2,1-8H3. The Bertz CT molecular complexity index is 1700. The highest BCUT2D eigenvalue weighted by Crippen LogP contribution is 2.46. The van der Waals surface area contributed by atoms with E-state index in [4.69, 9.17) is 0 Å². The SMILES string of the molecule is CCC1=C(C)C2=C(c3ccc(P(c4ccccc4)c4ccccc4)cc3)c3c(C)c(CC)c(C)n3[B-](C)(C)[N+]2=C1C. The van der Waals surface area contributed by atoms with Crippen LogP contribution in [0.3, 0.4) is 0 Å². The summed E-state index contributed by atoms with van der Waals surface area (Å²) in [4.78, 5) is 0. The molecule has 3 heterocycles.